The Hall–Kier alpha value is -3.32. The fourth-order valence-corrected chi connectivity index (χ4v) is 3.82. The first-order valence-corrected chi connectivity index (χ1v) is 10.7. The van der Waals surface area contributed by atoms with Gasteiger partial charge in [0.1, 0.15) is 0 Å². The van der Waals surface area contributed by atoms with Crippen molar-refractivity contribution in [1.29, 1.82) is 0 Å². The lowest BCUT2D eigenvalue weighted by Gasteiger charge is -2.29. The number of likely N-dealkylation sites (tertiary alicyclic amines) is 1. The summed E-state index contributed by atoms with van der Waals surface area (Å²) in [6.45, 7) is 1.29. The summed E-state index contributed by atoms with van der Waals surface area (Å²) in [5.74, 6) is 2.59. The van der Waals surface area contributed by atoms with E-state index < -0.39 is 0 Å². The quantitative estimate of drug-likeness (QED) is 0.497. The predicted octanol–water partition coefficient (Wildman–Crippen LogP) is 4.83. The Morgan fingerprint density at radius 3 is 2.50 bits per heavy atom. The van der Waals surface area contributed by atoms with Gasteiger partial charge in [-0.15, -0.1) is 0 Å². The van der Waals surface area contributed by atoms with Crippen LogP contribution in [0.15, 0.2) is 53.1 Å². The third-order valence-electron chi connectivity index (χ3n) is 5.53. The van der Waals surface area contributed by atoms with Crippen LogP contribution in [-0.4, -0.2) is 48.3 Å². The Kier molecular flexibility index (Phi) is 6.75. The number of methoxy groups -OCH3 is 2. The second-order valence-corrected chi connectivity index (χ2v) is 7.95. The average molecular weight is 454 g/mol. The zero-order valence-corrected chi connectivity index (χ0v) is 18.7. The van der Waals surface area contributed by atoms with Crippen molar-refractivity contribution < 1.29 is 18.8 Å². The third kappa shape index (κ3) is 4.94. The maximum atomic E-state index is 12.6. The van der Waals surface area contributed by atoms with E-state index in [1.54, 1.807) is 38.5 Å². The largest absolute Gasteiger partial charge is 0.493 e. The highest BCUT2D eigenvalue weighted by Crippen LogP contribution is 2.30. The smallest absolute Gasteiger partial charge is 0.257 e. The van der Waals surface area contributed by atoms with Gasteiger partial charge >= 0.3 is 0 Å². The second kappa shape index (κ2) is 9.87. The highest BCUT2D eigenvalue weighted by molar-refractivity contribution is 6.30. The molecule has 1 amide bonds. The van der Waals surface area contributed by atoms with Crippen LogP contribution in [0.25, 0.3) is 17.5 Å². The van der Waals surface area contributed by atoms with E-state index in [0.29, 0.717) is 41.3 Å². The van der Waals surface area contributed by atoms with Crippen LogP contribution < -0.4 is 9.47 Å². The molecule has 0 spiro atoms. The summed E-state index contributed by atoms with van der Waals surface area (Å²) in [6.07, 6.45) is 4.95. The highest BCUT2D eigenvalue weighted by Gasteiger charge is 2.26. The van der Waals surface area contributed by atoms with Gasteiger partial charge in [-0.3, -0.25) is 4.79 Å². The molecule has 0 N–H and O–H groups in total. The molecular weight excluding hydrogens is 430 g/mol. The van der Waals surface area contributed by atoms with E-state index in [1.165, 1.54) is 0 Å². The molecule has 4 rings (SSSR count). The van der Waals surface area contributed by atoms with Crippen LogP contribution in [0.4, 0.5) is 0 Å². The van der Waals surface area contributed by atoms with Gasteiger partial charge in [-0.2, -0.15) is 4.98 Å². The van der Waals surface area contributed by atoms with Crippen LogP contribution >= 0.6 is 11.6 Å². The van der Waals surface area contributed by atoms with Crippen molar-refractivity contribution in [2.75, 3.05) is 27.3 Å². The molecular formula is C24H24ClN3O4. The first-order chi connectivity index (χ1) is 15.6. The van der Waals surface area contributed by atoms with E-state index in [2.05, 4.69) is 10.1 Å². The lowest BCUT2D eigenvalue weighted by molar-refractivity contribution is -0.127. The number of amides is 1. The maximum Gasteiger partial charge on any atom is 0.257 e. The molecule has 1 fully saturated rings. The number of ether oxygens (including phenoxy) is 2. The first kappa shape index (κ1) is 21.9. The van der Waals surface area contributed by atoms with Gasteiger partial charge in [0.05, 0.1) is 14.2 Å². The van der Waals surface area contributed by atoms with Crippen molar-refractivity contribution in [3.8, 4) is 23.0 Å². The Labute approximate surface area is 191 Å². The summed E-state index contributed by atoms with van der Waals surface area (Å²) in [6, 6.07) is 12.8. The van der Waals surface area contributed by atoms with E-state index in [9.17, 15) is 4.79 Å². The fourth-order valence-electron chi connectivity index (χ4n) is 3.70. The molecule has 2 heterocycles. The number of hydrogen-bond acceptors (Lipinski definition) is 6. The monoisotopic (exact) mass is 453 g/mol. The van der Waals surface area contributed by atoms with E-state index in [0.717, 1.165) is 24.0 Å². The molecule has 0 saturated carbocycles. The first-order valence-electron chi connectivity index (χ1n) is 10.4. The molecule has 0 atom stereocenters. The minimum absolute atomic E-state index is 0.0202. The number of carbonyl (C=O) groups excluding carboxylic acids is 1. The summed E-state index contributed by atoms with van der Waals surface area (Å²) >= 11 is 5.93. The number of hydrogen-bond donors (Lipinski definition) is 0. The van der Waals surface area contributed by atoms with Crippen LogP contribution in [0, 0.1) is 0 Å². The summed E-state index contributed by atoms with van der Waals surface area (Å²) in [5, 5.41) is 4.81. The molecule has 1 aromatic heterocycles. The Balaban J connectivity index is 1.34. The Morgan fingerprint density at radius 1 is 1.09 bits per heavy atom. The topological polar surface area (TPSA) is 77.7 Å². The lowest BCUT2D eigenvalue weighted by atomic mass is 9.96. The lowest BCUT2D eigenvalue weighted by Crippen LogP contribution is -2.37. The highest BCUT2D eigenvalue weighted by atomic mass is 35.5. The molecule has 1 saturated heterocycles. The zero-order chi connectivity index (χ0) is 22.5. The molecule has 0 bridgehead atoms. The molecule has 8 heteroatoms. The van der Waals surface area contributed by atoms with Gasteiger partial charge < -0.3 is 18.9 Å². The van der Waals surface area contributed by atoms with Crippen molar-refractivity contribution >= 4 is 23.6 Å². The van der Waals surface area contributed by atoms with Crippen LogP contribution in [0.5, 0.6) is 11.5 Å². The minimum Gasteiger partial charge on any atom is -0.493 e. The van der Waals surface area contributed by atoms with Crippen LogP contribution in [-0.2, 0) is 4.79 Å². The zero-order valence-electron chi connectivity index (χ0n) is 18.0. The molecule has 1 aliphatic rings. The molecule has 1 aliphatic heterocycles. The minimum atomic E-state index is -0.0202. The summed E-state index contributed by atoms with van der Waals surface area (Å²) in [7, 11) is 3.18. The van der Waals surface area contributed by atoms with Gasteiger partial charge in [-0.1, -0.05) is 22.8 Å². The number of piperidine rings is 1. The number of rotatable bonds is 6. The van der Waals surface area contributed by atoms with Crippen molar-refractivity contribution in [3.63, 3.8) is 0 Å². The van der Waals surface area contributed by atoms with Gasteiger partial charge in [-0.25, -0.2) is 0 Å². The van der Waals surface area contributed by atoms with Gasteiger partial charge in [-0.05, 0) is 60.9 Å². The number of carbonyl (C=O) groups is 1. The second-order valence-electron chi connectivity index (χ2n) is 7.51. The molecule has 32 heavy (non-hydrogen) atoms. The van der Waals surface area contributed by atoms with Crippen LogP contribution in [0.3, 0.4) is 0 Å². The molecule has 166 valence electrons. The van der Waals surface area contributed by atoms with Gasteiger partial charge in [0.2, 0.25) is 5.91 Å². The van der Waals surface area contributed by atoms with Gasteiger partial charge in [0, 0.05) is 35.7 Å². The Morgan fingerprint density at radius 2 is 1.81 bits per heavy atom. The average Bonchev–Trinajstić information content (AvgIpc) is 3.33. The number of halogens is 1. The molecule has 7 nitrogen and oxygen atoms in total. The van der Waals surface area contributed by atoms with E-state index >= 15 is 0 Å². The molecule has 0 unspecified atom stereocenters. The predicted molar refractivity (Wildman–Crippen MR) is 122 cm³/mol. The Bertz CT molecular complexity index is 1100. The van der Waals surface area contributed by atoms with Crippen molar-refractivity contribution in [1.82, 2.24) is 15.0 Å². The van der Waals surface area contributed by atoms with Gasteiger partial charge in [0.25, 0.3) is 5.89 Å². The van der Waals surface area contributed by atoms with Crippen molar-refractivity contribution in [3.05, 3.63) is 65.0 Å². The maximum absolute atomic E-state index is 12.6. The normalized spacial score (nSPS) is 14.7. The summed E-state index contributed by atoms with van der Waals surface area (Å²) in [5.41, 5.74) is 1.70. The van der Waals surface area contributed by atoms with Crippen molar-refractivity contribution in [2.45, 2.75) is 18.8 Å². The molecule has 3 aromatic rings. The molecule has 2 aromatic carbocycles. The van der Waals surface area contributed by atoms with Crippen molar-refractivity contribution in [2.24, 2.45) is 0 Å². The van der Waals surface area contributed by atoms with Crippen LogP contribution in [0.2, 0.25) is 5.02 Å². The SMILES string of the molecule is COc1ccc(/C=C/C(=O)N2CCC(c3noc(-c4ccc(Cl)cc4)n3)CC2)cc1OC. The third-order valence-corrected chi connectivity index (χ3v) is 5.78. The molecule has 0 aliphatic carbocycles. The standard InChI is InChI=1S/C24H24ClN3O4/c1-30-20-9-3-16(15-21(20)31-2)4-10-22(29)28-13-11-17(12-14-28)23-26-24(32-27-23)18-5-7-19(25)8-6-18/h3-10,15,17H,11-14H2,1-2H3/b10-4+. The van der Waals surface area contributed by atoms with E-state index in [-0.39, 0.29) is 11.8 Å². The van der Waals surface area contributed by atoms with E-state index in [1.807, 2.05) is 35.2 Å². The number of nitrogens with zero attached hydrogens (tertiary/aromatic N) is 3. The summed E-state index contributed by atoms with van der Waals surface area (Å²) in [4.78, 5) is 19.0. The number of benzene rings is 2. The van der Waals surface area contributed by atoms with Gasteiger partial charge in [0.15, 0.2) is 17.3 Å². The fraction of sp³-hybridized carbons (Fsp3) is 0.292. The molecule has 0 radical (unpaired) electrons. The summed E-state index contributed by atoms with van der Waals surface area (Å²) < 4.78 is 16.0. The van der Waals surface area contributed by atoms with E-state index in [4.69, 9.17) is 25.6 Å². The van der Waals surface area contributed by atoms with Crippen LogP contribution in [0.1, 0.15) is 30.1 Å². The number of aromatic nitrogens is 2.